The highest BCUT2D eigenvalue weighted by Gasteiger charge is 2.32. The molecule has 0 N–H and O–H groups in total. The summed E-state index contributed by atoms with van der Waals surface area (Å²) in [5.74, 6) is 0. The highest BCUT2D eigenvalue weighted by Crippen LogP contribution is 2.26. The first-order valence-electron chi connectivity index (χ1n) is 6.38. The van der Waals surface area contributed by atoms with Gasteiger partial charge in [0.05, 0.1) is 38.6 Å². The molecule has 4 atom stereocenters. The van der Waals surface area contributed by atoms with Crippen molar-refractivity contribution in [3.63, 3.8) is 0 Å². The van der Waals surface area contributed by atoms with Crippen LogP contribution in [0.5, 0.6) is 0 Å². The van der Waals surface area contributed by atoms with E-state index in [1.807, 2.05) is 0 Å². The Balaban J connectivity index is 1.42. The lowest BCUT2D eigenvalue weighted by atomic mass is 9.94. The quantitative estimate of drug-likeness (QED) is 0.639. The molecular formula is C12H20O4. The Morgan fingerprint density at radius 1 is 0.812 bits per heavy atom. The van der Waals surface area contributed by atoms with E-state index in [0.717, 1.165) is 39.3 Å². The Hall–Kier alpha value is -0.160. The van der Waals surface area contributed by atoms with Gasteiger partial charge in [0.25, 0.3) is 0 Å². The summed E-state index contributed by atoms with van der Waals surface area (Å²) >= 11 is 0. The fourth-order valence-corrected chi connectivity index (χ4v) is 2.23. The van der Waals surface area contributed by atoms with Crippen LogP contribution in [0.4, 0.5) is 0 Å². The Kier molecular flexibility index (Phi) is 3.43. The SMILES string of the molecule is C1CC[C@@H](OC[C@H]2CO2)[C@@H](OC[C@H]2CO2)C1. The highest BCUT2D eigenvalue weighted by atomic mass is 16.6. The van der Waals surface area contributed by atoms with Gasteiger partial charge in [0.2, 0.25) is 0 Å². The van der Waals surface area contributed by atoms with E-state index in [4.69, 9.17) is 18.9 Å². The minimum atomic E-state index is 0.275. The molecule has 2 heterocycles. The van der Waals surface area contributed by atoms with Gasteiger partial charge in [-0.3, -0.25) is 0 Å². The Morgan fingerprint density at radius 2 is 1.25 bits per heavy atom. The number of rotatable bonds is 6. The van der Waals surface area contributed by atoms with E-state index in [1.165, 1.54) is 12.8 Å². The van der Waals surface area contributed by atoms with Crippen LogP contribution in [0.15, 0.2) is 0 Å². The molecule has 0 aromatic heterocycles. The van der Waals surface area contributed by atoms with Crippen molar-refractivity contribution in [2.45, 2.75) is 50.1 Å². The molecule has 1 aliphatic carbocycles. The van der Waals surface area contributed by atoms with E-state index in [9.17, 15) is 0 Å². The third-order valence-electron chi connectivity index (χ3n) is 3.44. The zero-order valence-electron chi connectivity index (χ0n) is 9.60. The summed E-state index contributed by atoms with van der Waals surface area (Å²) in [4.78, 5) is 0. The largest absolute Gasteiger partial charge is 0.373 e. The minimum Gasteiger partial charge on any atom is -0.373 e. The monoisotopic (exact) mass is 228 g/mol. The van der Waals surface area contributed by atoms with Crippen molar-refractivity contribution in [2.24, 2.45) is 0 Å². The first-order chi connectivity index (χ1) is 7.92. The molecule has 0 radical (unpaired) electrons. The molecule has 0 unspecified atom stereocenters. The van der Waals surface area contributed by atoms with Crippen molar-refractivity contribution in [3.05, 3.63) is 0 Å². The maximum atomic E-state index is 5.88. The molecule has 0 amide bonds. The summed E-state index contributed by atoms with van der Waals surface area (Å²) in [6, 6.07) is 0. The van der Waals surface area contributed by atoms with Crippen LogP contribution in [0.1, 0.15) is 25.7 Å². The second-order valence-corrected chi connectivity index (χ2v) is 4.94. The van der Waals surface area contributed by atoms with Crippen LogP contribution >= 0.6 is 0 Å². The van der Waals surface area contributed by atoms with Gasteiger partial charge in [0, 0.05) is 0 Å². The van der Waals surface area contributed by atoms with Gasteiger partial charge < -0.3 is 18.9 Å². The van der Waals surface area contributed by atoms with Gasteiger partial charge in [-0.2, -0.15) is 0 Å². The molecule has 3 fully saturated rings. The van der Waals surface area contributed by atoms with E-state index >= 15 is 0 Å². The second kappa shape index (κ2) is 5.00. The standard InChI is InChI=1S/C12H20O4/c1-2-4-12(16-8-10-6-14-10)11(3-1)15-7-9-5-13-9/h9-12H,1-8H2/t9-,10-,11-,12+/m1/s1. The molecule has 2 aliphatic heterocycles. The summed E-state index contributed by atoms with van der Waals surface area (Å²) in [5, 5.41) is 0. The number of epoxide rings is 2. The third kappa shape index (κ3) is 3.17. The lowest BCUT2D eigenvalue weighted by Crippen LogP contribution is -2.36. The highest BCUT2D eigenvalue weighted by molar-refractivity contribution is 4.80. The van der Waals surface area contributed by atoms with Gasteiger partial charge >= 0.3 is 0 Å². The lowest BCUT2D eigenvalue weighted by Gasteiger charge is -2.31. The van der Waals surface area contributed by atoms with Crippen molar-refractivity contribution in [3.8, 4) is 0 Å². The predicted octanol–water partition coefficient (Wildman–Crippen LogP) is 1.13. The van der Waals surface area contributed by atoms with Crippen LogP contribution in [-0.2, 0) is 18.9 Å². The average Bonchev–Trinajstić information content (AvgIpc) is 3.17. The third-order valence-corrected chi connectivity index (χ3v) is 3.44. The van der Waals surface area contributed by atoms with Gasteiger partial charge in [-0.25, -0.2) is 0 Å². The Labute approximate surface area is 96.2 Å². The summed E-state index contributed by atoms with van der Waals surface area (Å²) in [5.41, 5.74) is 0. The summed E-state index contributed by atoms with van der Waals surface area (Å²) < 4.78 is 22.1. The predicted molar refractivity (Wildman–Crippen MR) is 57.4 cm³/mol. The van der Waals surface area contributed by atoms with E-state index in [1.54, 1.807) is 0 Å². The van der Waals surface area contributed by atoms with Gasteiger partial charge in [-0.05, 0) is 12.8 Å². The van der Waals surface area contributed by atoms with E-state index in [0.29, 0.717) is 12.2 Å². The summed E-state index contributed by atoms with van der Waals surface area (Å²) in [6.45, 7) is 3.22. The maximum absolute atomic E-state index is 5.88. The first kappa shape index (κ1) is 11.0. The molecule has 0 aromatic carbocycles. The molecule has 2 saturated heterocycles. The molecule has 92 valence electrons. The van der Waals surface area contributed by atoms with E-state index in [2.05, 4.69) is 0 Å². The average molecular weight is 228 g/mol. The summed E-state index contributed by atoms with van der Waals surface area (Å²) in [7, 11) is 0. The van der Waals surface area contributed by atoms with Crippen molar-refractivity contribution in [2.75, 3.05) is 26.4 Å². The van der Waals surface area contributed by atoms with Crippen LogP contribution in [0.2, 0.25) is 0 Å². The Morgan fingerprint density at radius 3 is 1.62 bits per heavy atom. The fourth-order valence-electron chi connectivity index (χ4n) is 2.23. The Bertz CT molecular complexity index is 201. The minimum absolute atomic E-state index is 0.275. The van der Waals surface area contributed by atoms with E-state index < -0.39 is 0 Å². The number of hydrogen-bond acceptors (Lipinski definition) is 4. The van der Waals surface area contributed by atoms with Crippen molar-refractivity contribution in [1.82, 2.24) is 0 Å². The topological polar surface area (TPSA) is 43.5 Å². The van der Waals surface area contributed by atoms with Crippen LogP contribution < -0.4 is 0 Å². The number of hydrogen-bond donors (Lipinski definition) is 0. The zero-order valence-corrected chi connectivity index (χ0v) is 9.60. The molecule has 0 bridgehead atoms. The molecule has 4 nitrogen and oxygen atoms in total. The molecule has 0 aromatic rings. The fraction of sp³-hybridized carbons (Fsp3) is 1.00. The molecule has 3 rings (SSSR count). The first-order valence-corrected chi connectivity index (χ1v) is 6.38. The van der Waals surface area contributed by atoms with Crippen molar-refractivity contribution in [1.29, 1.82) is 0 Å². The normalized spacial score (nSPS) is 42.0. The smallest absolute Gasteiger partial charge is 0.104 e. The summed E-state index contributed by atoms with van der Waals surface area (Å²) in [6.07, 6.45) is 6.04. The lowest BCUT2D eigenvalue weighted by molar-refractivity contribution is -0.0968. The molecule has 1 saturated carbocycles. The van der Waals surface area contributed by atoms with Gasteiger partial charge in [0.15, 0.2) is 0 Å². The van der Waals surface area contributed by atoms with Crippen LogP contribution in [-0.4, -0.2) is 50.8 Å². The van der Waals surface area contributed by atoms with Crippen LogP contribution in [0, 0.1) is 0 Å². The number of ether oxygens (including phenoxy) is 4. The molecule has 16 heavy (non-hydrogen) atoms. The molecule has 4 heteroatoms. The van der Waals surface area contributed by atoms with Crippen LogP contribution in [0.3, 0.4) is 0 Å². The van der Waals surface area contributed by atoms with Crippen molar-refractivity contribution < 1.29 is 18.9 Å². The molecular weight excluding hydrogens is 208 g/mol. The molecule has 3 aliphatic rings. The van der Waals surface area contributed by atoms with Gasteiger partial charge in [-0.1, -0.05) is 12.8 Å². The van der Waals surface area contributed by atoms with Crippen molar-refractivity contribution >= 4 is 0 Å². The van der Waals surface area contributed by atoms with Gasteiger partial charge in [0.1, 0.15) is 12.2 Å². The second-order valence-electron chi connectivity index (χ2n) is 4.94. The van der Waals surface area contributed by atoms with Gasteiger partial charge in [-0.15, -0.1) is 0 Å². The van der Waals surface area contributed by atoms with E-state index in [-0.39, 0.29) is 12.2 Å². The maximum Gasteiger partial charge on any atom is 0.104 e. The zero-order chi connectivity index (χ0) is 10.8. The molecule has 0 spiro atoms. The van der Waals surface area contributed by atoms with Crippen LogP contribution in [0.25, 0.3) is 0 Å².